The Morgan fingerprint density at radius 2 is 2.15 bits per heavy atom. The number of hydrogen-bond acceptors (Lipinski definition) is 2. The molecule has 0 aliphatic carbocycles. The lowest BCUT2D eigenvalue weighted by Gasteiger charge is -2.34. The predicted octanol–water partition coefficient (Wildman–Crippen LogP) is 2.65. The van der Waals surface area contributed by atoms with Gasteiger partial charge in [-0.15, -0.1) is 0 Å². The maximum atomic E-state index is 12.3. The van der Waals surface area contributed by atoms with Gasteiger partial charge in [-0.2, -0.15) is 0 Å². The van der Waals surface area contributed by atoms with Gasteiger partial charge in [-0.3, -0.25) is 4.79 Å². The number of piperidine rings is 1. The van der Waals surface area contributed by atoms with Crippen LogP contribution in [0.2, 0.25) is 0 Å². The number of aryl methyl sites for hydroxylation is 1. The fraction of sp³-hybridized carbons (Fsp3) is 0.588. The molecular weight excluding hydrogens is 250 g/mol. The molecule has 0 bridgehead atoms. The number of rotatable bonds is 3. The molecule has 2 aliphatic heterocycles. The van der Waals surface area contributed by atoms with Gasteiger partial charge in [0.15, 0.2) is 0 Å². The molecule has 0 unspecified atom stereocenters. The Labute approximate surface area is 120 Å². The van der Waals surface area contributed by atoms with E-state index in [0.29, 0.717) is 30.5 Å². The monoisotopic (exact) mass is 273 g/mol. The third kappa shape index (κ3) is 3.04. The predicted molar refractivity (Wildman–Crippen MR) is 78.4 cm³/mol. The van der Waals surface area contributed by atoms with E-state index in [4.69, 9.17) is 4.74 Å². The first kappa shape index (κ1) is 13.6. The Balaban J connectivity index is 1.51. The summed E-state index contributed by atoms with van der Waals surface area (Å²) in [6.07, 6.45) is 4.33. The van der Waals surface area contributed by atoms with Gasteiger partial charge in [0.2, 0.25) is 5.91 Å². The van der Waals surface area contributed by atoms with E-state index < -0.39 is 0 Å². The van der Waals surface area contributed by atoms with Crippen LogP contribution in [0.5, 0.6) is 0 Å². The first-order valence-electron chi connectivity index (χ1n) is 7.69. The standard InChI is InChI=1S/C17H23NO2/c1-13-11-15-12-18(10-9-16(15)20-13)17(19)8-7-14-5-3-2-4-6-14/h2-6,13,15-16H,7-12H2,1H3/t13-,15+,16+/m0/s1. The molecule has 3 atom stereocenters. The molecule has 108 valence electrons. The number of benzene rings is 1. The molecule has 2 heterocycles. The molecule has 0 radical (unpaired) electrons. The van der Waals surface area contributed by atoms with E-state index in [1.165, 1.54) is 5.56 Å². The molecule has 0 saturated carbocycles. The van der Waals surface area contributed by atoms with Gasteiger partial charge < -0.3 is 9.64 Å². The summed E-state index contributed by atoms with van der Waals surface area (Å²) in [5.74, 6) is 0.853. The number of fused-ring (bicyclic) bond motifs is 1. The lowest BCUT2D eigenvalue weighted by Crippen LogP contribution is -2.44. The number of ether oxygens (including phenoxy) is 1. The summed E-state index contributed by atoms with van der Waals surface area (Å²) in [5, 5.41) is 0. The Kier molecular flexibility index (Phi) is 4.06. The molecule has 1 amide bonds. The Bertz CT molecular complexity index is 459. The summed E-state index contributed by atoms with van der Waals surface area (Å²) in [6, 6.07) is 10.3. The zero-order valence-electron chi connectivity index (χ0n) is 12.1. The van der Waals surface area contributed by atoms with Crippen LogP contribution in [-0.4, -0.2) is 36.1 Å². The van der Waals surface area contributed by atoms with Crippen molar-refractivity contribution in [2.24, 2.45) is 5.92 Å². The van der Waals surface area contributed by atoms with E-state index in [1.54, 1.807) is 0 Å². The minimum absolute atomic E-state index is 0.298. The summed E-state index contributed by atoms with van der Waals surface area (Å²) in [7, 11) is 0. The van der Waals surface area contributed by atoms with Crippen LogP contribution in [0.25, 0.3) is 0 Å². The zero-order valence-corrected chi connectivity index (χ0v) is 12.1. The van der Waals surface area contributed by atoms with Crippen LogP contribution < -0.4 is 0 Å². The molecule has 1 aromatic rings. The van der Waals surface area contributed by atoms with Crippen LogP contribution in [0.15, 0.2) is 30.3 Å². The lowest BCUT2D eigenvalue weighted by atomic mass is 9.93. The van der Waals surface area contributed by atoms with Gasteiger partial charge in [0, 0.05) is 25.4 Å². The Morgan fingerprint density at radius 3 is 2.95 bits per heavy atom. The number of carbonyl (C=O) groups is 1. The highest BCUT2D eigenvalue weighted by molar-refractivity contribution is 5.76. The topological polar surface area (TPSA) is 29.5 Å². The van der Waals surface area contributed by atoms with E-state index in [-0.39, 0.29) is 0 Å². The van der Waals surface area contributed by atoms with E-state index >= 15 is 0 Å². The molecule has 3 rings (SSSR count). The van der Waals surface area contributed by atoms with Gasteiger partial charge >= 0.3 is 0 Å². The maximum absolute atomic E-state index is 12.3. The van der Waals surface area contributed by atoms with Gasteiger partial charge in [0.1, 0.15) is 0 Å². The second-order valence-electron chi connectivity index (χ2n) is 6.09. The lowest BCUT2D eigenvalue weighted by molar-refractivity contribution is -0.134. The van der Waals surface area contributed by atoms with Crippen LogP contribution in [-0.2, 0) is 16.0 Å². The van der Waals surface area contributed by atoms with Crippen molar-refractivity contribution in [2.45, 2.75) is 44.8 Å². The van der Waals surface area contributed by atoms with Crippen molar-refractivity contribution in [1.82, 2.24) is 4.90 Å². The maximum Gasteiger partial charge on any atom is 0.222 e. The quantitative estimate of drug-likeness (QED) is 0.847. The molecule has 3 heteroatoms. The third-order valence-corrected chi connectivity index (χ3v) is 4.53. The number of carbonyl (C=O) groups excluding carboxylic acids is 1. The van der Waals surface area contributed by atoms with Crippen molar-refractivity contribution in [3.8, 4) is 0 Å². The highest BCUT2D eigenvalue weighted by Gasteiger charge is 2.38. The van der Waals surface area contributed by atoms with Crippen LogP contribution in [0.1, 0.15) is 31.7 Å². The van der Waals surface area contributed by atoms with Crippen molar-refractivity contribution in [3.63, 3.8) is 0 Å². The molecule has 0 aromatic heterocycles. The van der Waals surface area contributed by atoms with Crippen molar-refractivity contribution >= 4 is 5.91 Å². The molecule has 2 fully saturated rings. The summed E-state index contributed by atoms with van der Waals surface area (Å²) in [6.45, 7) is 3.89. The molecular formula is C17H23NO2. The molecule has 2 aliphatic rings. The van der Waals surface area contributed by atoms with Crippen LogP contribution >= 0.6 is 0 Å². The average molecular weight is 273 g/mol. The van der Waals surface area contributed by atoms with Crippen LogP contribution in [0.4, 0.5) is 0 Å². The largest absolute Gasteiger partial charge is 0.375 e. The summed E-state index contributed by atoms with van der Waals surface area (Å²) < 4.78 is 5.88. The second kappa shape index (κ2) is 5.96. The number of amides is 1. The number of likely N-dealkylation sites (tertiary alicyclic amines) is 1. The highest BCUT2D eigenvalue weighted by Crippen LogP contribution is 2.32. The first-order chi connectivity index (χ1) is 9.72. The van der Waals surface area contributed by atoms with E-state index in [2.05, 4.69) is 19.1 Å². The van der Waals surface area contributed by atoms with Gasteiger partial charge in [0.25, 0.3) is 0 Å². The number of nitrogens with zero attached hydrogens (tertiary/aromatic N) is 1. The SMILES string of the molecule is C[C@H]1C[C@@H]2CN(C(=O)CCc3ccccc3)CC[C@H]2O1. The van der Waals surface area contributed by atoms with E-state index in [0.717, 1.165) is 32.4 Å². The molecule has 2 saturated heterocycles. The molecule has 0 spiro atoms. The smallest absolute Gasteiger partial charge is 0.222 e. The summed E-state index contributed by atoms with van der Waals surface area (Å²) in [4.78, 5) is 14.4. The fourth-order valence-electron chi connectivity index (χ4n) is 3.48. The normalized spacial score (nSPS) is 29.2. The Hall–Kier alpha value is -1.35. The average Bonchev–Trinajstić information content (AvgIpc) is 2.85. The Morgan fingerprint density at radius 1 is 1.35 bits per heavy atom. The minimum Gasteiger partial charge on any atom is -0.375 e. The van der Waals surface area contributed by atoms with Gasteiger partial charge in [-0.05, 0) is 31.7 Å². The number of hydrogen-bond donors (Lipinski definition) is 0. The van der Waals surface area contributed by atoms with Gasteiger partial charge in [0.05, 0.1) is 12.2 Å². The van der Waals surface area contributed by atoms with Crippen LogP contribution in [0, 0.1) is 5.92 Å². The van der Waals surface area contributed by atoms with Crippen molar-refractivity contribution in [1.29, 1.82) is 0 Å². The van der Waals surface area contributed by atoms with Gasteiger partial charge in [-0.1, -0.05) is 30.3 Å². The zero-order chi connectivity index (χ0) is 13.9. The second-order valence-corrected chi connectivity index (χ2v) is 6.09. The minimum atomic E-state index is 0.298. The molecule has 20 heavy (non-hydrogen) atoms. The summed E-state index contributed by atoms with van der Waals surface area (Å²) in [5.41, 5.74) is 1.24. The van der Waals surface area contributed by atoms with Crippen molar-refractivity contribution < 1.29 is 9.53 Å². The van der Waals surface area contributed by atoms with E-state index in [1.807, 2.05) is 23.1 Å². The van der Waals surface area contributed by atoms with Crippen LogP contribution in [0.3, 0.4) is 0 Å². The first-order valence-corrected chi connectivity index (χ1v) is 7.69. The molecule has 0 N–H and O–H groups in total. The highest BCUT2D eigenvalue weighted by atomic mass is 16.5. The van der Waals surface area contributed by atoms with Gasteiger partial charge in [-0.25, -0.2) is 0 Å². The summed E-state index contributed by atoms with van der Waals surface area (Å²) >= 11 is 0. The fourth-order valence-corrected chi connectivity index (χ4v) is 3.48. The molecule has 1 aromatic carbocycles. The van der Waals surface area contributed by atoms with Crippen molar-refractivity contribution in [3.05, 3.63) is 35.9 Å². The molecule has 3 nitrogen and oxygen atoms in total. The third-order valence-electron chi connectivity index (χ3n) is 4.53. The van der Waals surface area contributed by atoms with Crippen molar-refractivity contribution in [2.75, 3.05) is 13.1 Å². The van der Waals surface area contributed by atoms with E-state index in [9.17, 15) is 4.79 Å².